The maximum absolute atomic E-state index is 13.6. The molecule has 1 aliphatic rings. The Morgan fingerprint density at radius 1 is 0.769 bits per heavy atom. The van der Waals surface area contributed by atoms with E-state index in [-0.39, 0.29) is 30.6 Å². The number of ether oxygens (including phenoxy) is 1. The highest BCUT2D eigenvalue weighted by molar-refractivity contribution is 5.85. The molecule has 3 rings (SSSR count). The van der Waals surface area contributed by atoms with Crippen LogP contribution in [0.3, 0.4) is 0 Å². The number of halogens is 3. The second-order valence-electron chi connectivity index (χ2n) is 6.19. The predicted molar refractivity (Wildman–Crippen MR) is 109 cm³/mol. The second-order valence-corrected chi connectivity index (χ2v) is 6.19. The Hall–Kier alpha value is -1.33. The standard InChI is InChI=1S/C20H25FN2O.2ClH/c21-20-9-5-4-6-18(20)10-11-22-12-14-23(15-13-22)16-17-24-19-7-2-1-3-8-19;;/h1-9H,10-17H2;2*1H. The molecule has 0 saturated carbocycles. The summed E-state index contributed by atoms with van der Waals surface area (Å²) in [6.45, 7) is 6.79. The van der Waals surface area contributed by atoms with Gasteiger partial charge in [0.25, 0.3) is 0 Å². The molecule has 1 saturated heterocycles. The summed E-state index contributed by atoms with van der Waals surface area (Å²) in [5.74, 6) is 0.843. The maximum Gasteiger partial charge on any atom is 0.126 e. The van der Waals surface area contributed by atoms with Crippen LogP contribution in [-0.4, -0.2) is 55.7 Å². The van der Waals surface area contributed by atoms with Crippen LogP contribution in [0.25, 0.3) is 0 Å². The van der Waals surface area contributed by atoms with E-state index in [9.17, 15) is 4.39 Å². The predicted octanol–water partition coefficient (Wildman–Crippen LogP) is 3.91. The van der Waals surface area contributed by atoms with Gasteiger partial charge in [-0.25, -0.2) is 4.39 Å². The summed E-state index contributed by atoms with van der Waals surface area (Å²) in [7, 11) is 0. The van der Waals surface area contributed by atoms with Crippen molar-refractivity contribution in [1.82, 2.24) is 9.80 Å². The van der Waals surface area contributed by atoms with Gasteiger partial charge in [0.05, 0.1) is 0 Å². The minimum Gasteiger partial charge on any atom is -0.492 e. The summed E-state index contributed by atoms with van der Waals surface area (Å²) in [5, 5.41) is 0. The lowest BCUT2D eigenvalue weighted by Gasteiger charge is -2.34. The zero-order chi connectivity index (χ0) is 16.6. The molecule has 144 valence electrons. The normalized spacial score (nSPS) is 15.0. The SMILES string of the molecule is Cl.Cl.Fc1ccccc1CCN1CCN(CCOc2ccccc2)CC1. The van der Waals surface area contributed by atoms with E-state index in [4.69, 9.17) is 4.74 Å². The number of para-hydroxylation sites is 1. The molecule has 3 nitrogen and oxygen atoms in total. The lowest BCUT2D eigenvalue weighted by atomic mass is 10.1. The van der Waals surface area contributed by atoms with Gasteiger partial charge in [0, 0.05) is 39.3 Å². The van der Waals surface area contributed by atoms with Crippen LogP contribution in [0, 0.1) is 5.82 Å². The Bertz CT molecular complexity index is 622. The summed E-state index contributed by atoms with van der Waals surface area (Å²) < 4.78 is 19.4. The molecule has 1 aliphatic heterocycles. The Labute approximate surface area is 168 Å². The number of piperazine rings is 1. The molecule has 0 unspecified atom stereocenters. The van der Waals surface area contributed by atoms with Crippen molar-refractivity contribution in [3.05, 3.63) is 66.0 Å². The van der Waals surface area contributed by atoms with Crippen LogP contribution in [0.2, 0.25) is 0 Å². The molecule has 0 aliphatic carbocycles. The van der Waals surface area contributed by atoms with E-state index in [2.05, 4.69) is 9.80 Å². The van der Waals surface area contributed by atoms with Crippen LogP contribution >= 0.6 is 24.8 Å². The molecule has 0 aromatic heterocycles. The molecule has 2 aromatic carbocycles. The molecule has 0 spiro atoms. The monoisotopic (exact) mass is 400 g/mol. The largest absolute Gasteiger partial charge is 0.492 e. The molecule has 1 fully saturated rings. The third-order valence-electron chi connectivity index (χ3n) is 4.54. The van der Waals surface area contributed by atoms with Gasteiger partial charge in [-0.3, -0.25) is 4.90 Å². The van der Waals surface area contributed by atoms with Crippen LogP contribution in [0.15, 0.2) is 54.6 Å². The zero-order valence-corrected chi connectivity index (χ0v) is 16.5. The van der Waals surface area contributed by atoms with Gasteiger partial charge in [0.15, 0.2) is 0 Å². The van der Waals surface area contributed by atoms with Crippen molar-refractivity contribution < 1.29 is 9.13 Å². The summed E-state index contributed by atoms with van der Waals surface area (Å²) in [4.78, 5) is 4.85. The number of hydrogen-bond acceptors (Lipinski definition) is 3. The van der Waals surface area contributed by atoms with Crippen LogP contribution in [-0.2, 0) is 6.42 Å². The average Bonchev–Trinajstić information content (AvgIpc) is 2.63. The first-order valence-electron chi connectivity index (χ1n) is 8.67. The van der Waals surface area contributed by atoms with Gasteiger partial charge in [-0.15, -0.1) is 24.8 Å². The van der Waals surface area contributed by atoms with Crippen LogP contribution in [0.5, 0.6) is 5.75 Å². The van der Waals surface area contributed by atoms with Crippen LogP contribution in [0.1, 0.15) is 5.56 Å². The van der Waals surface area contributed by atoms with Crippen molar-refractivity contribution >= 4 is 24.8 Å². The zero-order valence-electron chi connectivity index (χ0n) is 14.9. The van der Waals surface area contributed by atoms with Gasteiger partial charge in [0.2, 0.25) is 0 Å². The molecule has 26 heavy (non-hydrogen) atoms. The molecule has 0 atom stereocenters. The van der Waals surface area contributed by atoms with Gasteiger partial charge in [-0.05, 0) is 30.2 Å². The molecule has 1 heterocycles. The highest BCUT2D eigenvalue weighted by atomic mass is 35.5. The van der Waals surface area contributed by atoms with E-state index in [0.717, 1.165) is 63.6 Å². The maximum atomic E-state index is 13.6. The van der Waals surface area contributed by atoms with E-state index in [1.807, 2.05) is 42.5 Å². The van der Waals surface area contributed by atoms with Gasteiger partial charge in [-0.2, -0.15) is 0 Å². The van der Waals surface area contributed by atoms with Crippen molar-refractivity contribution in [2.75, 3.05) is 45.9 Å². The van der Waals surface area contributed by atoms with E-state index < -0.39 is 0 Å². The van der Waals surface area contributed by atoms with Crippen molar-refractivity contribution in [1.29, 1.82) is 0 Å². The van der Waals surface area contributed by atoms with Gasteiger partial charge in [-0.1, -0.05) is 36.4 Å². The molecule has 0 amide bonds. The third-order valence-corrected chi connectivity index (χ3v) is 4.54. The third kappa shape index (κ3) is 7.12. The summed E-state index contributed by atoms with van der Waals surface area (Å²) >= 11 is 0. The second kappa shape index (κ2) is 12.1. The van der Waals surface area contributed by atoms with Crippen LogP contribution < -0.4 is 4.74 Å². The Morgan fingerprint density at radius 2 is 1.35 bits per heavy atom. The molecule has 6 heteroatoms. The molecule has 0 radical (unpaired) electrons. The summed E-state index contributed by atoms with van der Waals surface area (Å²) in [5.41, 5.74) is 0.816. The lowest BCUT2D eigenvalue weighted by Crippen LogP contribution is -2.47. The highest BCUT2D eigenvalue weighted by Crippen LogP contribution is 2.10. The Kier molecular flexibility index (Phi) is 10.6. The van der Waals surface area contributed by atoms with Crippen LogP contribution in [0.4, 0.5) is 4.39 Å². The fraction of sp³-hybridized carbons (Fsp3) is 0.400. The first-order chi connectivity index (χ1) is 11.8. The fourth-order valence-electron chi connectivity index (χ4n) is 3.03. The first kappa shape index (κ1) is 22.7. The van der Waals surface area contributed by atoms with Crippen molar-refractivity contribution in [3.8, 4) is 5.75 Å². The van der Waals surface area contributed by atoms with Crippen molar-refractivity contribution in [2.24, 2.45) is 0 Å². The average molecular weight is 401 g/mol. The summed E-state index contributed by atoms with van der Waals surface area (Å²) in [6.07, 6.45) is 0.782. The Balaban J connectivity index is 0.00000169. The van der Waals surface area contributed by atoms with E-state index >= 15 is 0 Å². The van der Waals surface area contributed by atoms with E-state index in [1.165, 1.54) is 0 Å². The number of benzene rings is 2. The van der Waals surface area contributed by atoms with Crippen molar-refractivity contribution in [3.63, 3.8) is 0 Å². The Morgan fingerprint density at radius 3 is 2.00 bits per heavy atom. The smallest absolute Gasteiger partial charge is 0.126 e. The first-order valence-corrected chi connectivity index (χ1v) is 8.67. The molecule has 2 aromatic rings. The number of hydrogen-bond donors (Lipinski definition) is 0. The van der Waals surface area contributed by atoms with E-state index in [0.29, 0.717) is 0 Å². The summed E-state index contributed by atoms with van der Waals surface area (Å²) in [6, 6.07) is 17.0. The quantitative estimate of drug-likeness (QED) is 0.700. The number of nitrogens with zero attached hydrogens (tertiary/aromatic N) is 2. The highest BCUT2D eigenvalue weighted by Gasteiger charge is 2.16. The number of rotatable bonds is 7. The van der Waals surface area contributed by atoms with E-state index in [1.54, 1.807) is 12.1 Å². The van der Waals surface area contributed by atoms with Gasteiger partial charge < -0.3 is 9.64 Å². The minimum atomic E-state index is -0.0887. The molecule has 0 N–H and O–H groups in total. The molecular weight excluding hydrogens is 374 g/mol. The minimum absolute atomic E-state index is 0. The topological polar surface area (TPSA) is 15.7 Å². The van der Waals surface area contributed by atoms with Crippen molar-refractivity contribution in [2.45, 2.75) is 6.42 Å². The molecular formula is C20H27Cl2FN2O. The lowest BCUT2D eigenvalue weighted by molar-refractivity contribution is 0.117. The fourth-order valence-corrected chi connectivity index (χ4v) is 3.03. The van der Waals surface area contributed by atoms with Gasteiger partial charge in [0.1, 0.15) is 18.2 Å². The molecule has 0 bridgehead atoms. The van der Waals surface area contributed by atoms with Gasteiger partial charge >= 0.3 is 0 Å².